The molecule has 3 aromatic rings. The second-order valence-electron chi connectivity index (χ2n) is 13.3. The van der Waals surface area contributed by atoms with Crippen molar-refractivity contribution in [2.45, 2.75) is 70.9 Å². The average molecular weight is 629 g/mol. The second-order valence-corrected chi connectivity index (χ2v) is 13.3. The molecule has 2 fully saturated rings. The van der Waals surface area contributed by atoms with Crippen molar-refractivity contribution in [1.82, 2.24) is 4.98 Å². The summed E-state index contributed by atoms with van der Waals surface area (Å²) in [6.45, 7) is 6.58. The van der Waals surface area contributed by atoms with Crippen LogP contribution in [0.4, 0.5) is 0 Å². The number of nitriles is 1. The number of carbonyl (C=O) groups excluding carboxylic acids is 2. The van der Waals surface area contributed by atoms with Crippen LogP contribution in [0.2, 0.25) is 0 Å². The summed E-state index contributed by atoms with van der Waals surface area (Å²) in [6, 6.07) is 13.0. The van der Waals surface area contributed by atoms with Gasteiger partial charge in [0.1, 0.15) is 34.9 Å². The van der Waals surface area contributed by atoms with Gasteiger partial charge in [-0.25, -0.2) is 9.59 Å². The van der Waals surface area contributed by atoms with E-state index in [-0.39, 0.29) is 35.7 Å². The number of carbonyl (C=O) groups is 2. The normalized spacial score (nSPS) is 32.8. The van der Waals surface area contributed by atoms with Gasteiger partial charge in [-0.3, -0.25) is 9.78 Å². The molecule has 1 aromatic carbocycles. The zero-order chi connectivity index (χ0) is 33.0. The predicted octanol–water partition coefficient (Wildman–Crippen LogP) is 4.35. The van der Waals surface area contributed by atoms with Gasteiger partial charge in [0.2, 0.25) is 0 Å². The van der Waals surface area contributed by atoms with Gasteiger partial charge in [0.15, 0.2) is 0 Å². The molecule has 0 radical (unpaired) electrons. The number of aliphatic hydroxyl groups is 2. The minimum absolute atomic E-state index is 0.0398. The first kappa shape index (κ1) is 31.5. The molecule has 6 rings (SSSR count). The number of benzene rings is 1. The van der Waals surface area contributed by atoms with Gasteiger partial charge >= 0.3 is 17.6 Å². The molecule has 240 valence electrons. The van der Waals surface area contributed by atoms with Crippen LogP contribution in [0.3, 0.4) is 0 Å². The number of aromatic nitrogens is 1. The molecule has 3 aliphatic rings. The summed E-state index contributed by atoms with van der Waals surface area (Å²) in [5.74, 6) is -2.07. The van der Waals surface area contributed by atoms with E-state index < -0.39 is 64.1 Å². The SMILES string of the molecule is CC(=O)O[C@H]1CC[C@@]2(C)C(C[C@H](OC(=O)c3ccc(C#N)cc3)[C@@]3(C)Oc4cc(-c5cccnc5)oc(=O)c4[C@H](O)C23)[C@]1(C)CO. The maximum atomic E-state index is 13.6. The maximum absolute atomic E-state index is 13.6. The summed E-state index contributed by atoms with van der Waals surface area (Å²) >= 11 is 0. The molecule has 11 nitrogen and oxygen atoms in total. The van der Waals surface area contributed by atoms with E-state index >= 15 is 0 Å². The molecule has 0 amide bonds. The van der Waals surface area contributed by atoms with Crippen molar-refractivity contribution in [2.75, 3.05) is 6.61 Å². The molecule has 0 spiro atoms. The third-order valence-corrected chi connectivity index (χ3v) is 10.7. The van der Waals surface area contributed by atoms with Crippen LogP contribution in [0.5, 0.6) is 5.75 Å². The second kappa shape index (κ2) is 11.4. The molecule has 2 unspecified atom stereocenters. The first-order valence-corrected chi connectivity index (χ1v) is 15.3. The van der Waals surface area contributed by atoms with Crippen LogP contribution in [0, 0.1) is 34.0 Å². The topological polar surface area (TPSA) is 169 Å². The molecule has 2 N–H and O–H groups in total. The first-order chi connectivity index (χ1) is 21.9. The molecule has 8 atom stereocenters. The molecule has 11 heteroatoms. The van der Waals surface area contributed by atoms with Crippen molar-refractivity contribution in [3.63, 3.8) is 0 Å². The van der Waals surface area contributed by atoms with Gasteiger partial charge in [0, 0.05) is 42.3 Å². The number of fused-ring (bicyclic) bond motifs is 4. The fourth-order valence-corrected chi connectivity index (χ4v) is 8.48. The van der Waals surface area contributed by atoms with Crippen LogP contribution in [0.15, 0.2) is 64.1 Å². The van der Waals surface area contributed by atoms with Crippen molar-refractivity contribution in [3.8, 4) is 23.1 Å². The van der Waals surface area contributed by atoms with Gasteiger partial charge in [0.05, 0.1) is 29.9 Å². The lowest BCUT2D eigenvalue weighted by molar-refractivity contribution is -0.265. The summed E-state index contributed by atoms with van der Waals surface area (Å²) in [5, 5.41) is 32.2. The lowest BCUT2D eigenvalue weighted by atomic mass is 9.42. The quantitative estimate of drug-likeness (QED) is 0.385. The van der Waals surface area contributed by atoms with E-state index in [4.69, 9.17) is 18.6 Å². The maximum Gasteiger partial charge on any atom is 0.345 e. The Bertz CT molecular complexity index is 1770. The van der Waals surface area contributed by atoms with Gasteiger partial charge in [-0.1, -0.05) is 13.8 Å². The van der Waals surface area contributed by atoms with Crippen molar-refractivity contribution < 1.29 is 38.4 Å². The van der Waals surface area contributed by atoms with E-state index in [1.165, 1.54) is 31.2 Å². The molecular weight excluding hydrogens is 592 g/mol. The van der Waals surface area contributed by atoms with Crippen LogP contribution in [-0.4, -0.2) is 51.6 Å². The van der Waals surface area contributed by atoms with Gasteiger partial charge < -0.3 is 28.8 Å². The monoisotopic (exact) mass is 628 g/mol. The van der Waals surface area contributed by atoms with Crippen LogP contribution in [0.25, 0.3) is 11.3 Å². The summed E-state index contributed by atoms with van der Waals surface area (Å²) in [5.41, 5.74) is -2.76. The van der Waals surface area contributed by atoms with Crippen molar-refractivity contribution >= 4 is 11.9 Å². The van der Waals surface area contributed by atoms with E-state index in [1.807, 2.05) is 19.9 Å². The predicted molar refractivity (Wildman–Crippen MR) is 162 cm³/mol. The fourth-order valence-electron chi connectivity index (χ4n) is 8.48. The van der Waals surface area contributed by atoms with E-state index in [0.717, 1.165) is 0 Å². The highest BCUT2D eigenvalue weighted by Crippen LogP contribution is 2.67. The molecule has 2 aromatic heterocycles. The largest absolute Gasteiger partial charge is 0.482 e. The Labute approximate surface area is 265 Å². The van der Waals surface area contributed by atoms with Crippen LogP contribution in [0.1, 0.15) is 74.5 Å². The Kier molecular flexibility index (Phi) is 7.77. The number of aliphatic hydroxyl groups excluding tert-OH is 2. The molecule has 46 heavy (non-hydrogen) atoms. The number of nitrogens with zero attached hydrogens (tertiary/aromatic N) is 2. The van der Waals surface area contributed by atoms with Crippen molar-refractivity contribution in [2.24, 2.45) is 22.7 Å². The number of esters is 2. The van der Waals surface area contributed by atoms with Crippen LogP contribution in [-0.2, 0) is 14.3 Å². The highest BCUT2D eigenvalue weighted by atomic mass is 16.6. The summed E-state index contributed by atoms with van der Waals surface area (Å²) in [6.07, 6.45) is 1.22. The summed E-state index contributed by atoms with van der Waals surface area (Å²) in [4.78, 5) is 43.4. The Balaban J connectivity index is 1.49. The minimum Gasteiger partial charge on any atom is -0.482 e. The Hall–Kier alpha value is -4.53. The fraction of sp³-hybridized carbons (Fsp3) is 0.457. The van der Waals surface area contributed by atoms with E-state index in [2.05, 4.69) is 4.98 Å². The molecule has 1 aliphatic heterocycles. The highest BCUT2D eigenvalue weighted by molar-refractivity contribution is 5.89. The molecule has 3 heterocycles. The Morgan fingerprint density at radius 3 is 2.50 bits per heavy atom. The zero-order valence-corrected chi connectivity index (χ0v) is 26.1. The molecular formula is C35H36N2O9. The van der Waals surface area contributed by atoms with Gasteiger partial charge in [-0.2, -0.15) is 5.26 Å². The number of hydrogen-bond acceptors (Lipinski definition) is 11. The van der Waals surface area contributed by atoms with Gasteiger partial charge in [-0.15, -0.1) is 0 Å². The zero-order valence-electron chi connectivity index (χ0n) is 26.1. The lowest BCUT2D eigenvalue weighted by Gasteiger charge is -2.66. The van der Waals surface area contributed by atoms with Crippen molar-refractivity contribution in [1.29, 1.82) is 5.26 Å². The standard InChI is InChI=1S/C35H36N2O9/c1-19(39)43-26-11-12-33(2)25(34(26,3)18-38)15-27(45-31(41)21-9-7-20(16-36)8-10-21)35(4)30(33)29(40)28-24(46-35)14-23(44-32(28)42)22-6-5-13-37-17-22/h5-10,13-14,17,25-27,29-30,38,40H,11-12,15,18H2,1-4H3/t25?,26-,27-,29-,30?,33-,34-,35+/m0/s1. The number of ether oxygens (including phenoxy) is 3. The Morgan fingerprint density at radius 1 is 1.13 bits per heavy atom. The smallest absolute Gasteiger partial charge is 0.345 e. The van der Waals surface area contributed by atoms with Gasteiger partial charge in [-0.05, 0) is 73.9 Å². The molecule has 2 aliphatic carbocycles. The van der Waals surface area contributed by atoms with E-state index in [1.54, 1.807) is 37.5 Å². The van der Waals surface area contributed by atoms with Gasteiger partial charge in [0.25, 0.3) is 0 Å². The van der Waals surface area contributed by atoms with E-state index in [9.17, 15) is 29.9 Å². The molecule has 0 saturated heterocycles. The molecule has 0 bridgehead atoms. The average Bonchev–Trinajstić information content (AvgIpc) is 3.03. The number of pyridine rings is 1. The van der Waals surface area contributed by atoms with E-state index in [0.29, 0.717) is 24.0 Å². The number of rotatable bonds is 5. The lowest BCUT2D eigenvalue weighted by Crippen LogP contribution is -2.71. The highest BCUT2D eigenvalue weighted by Gasteiger charge is 2.70. The Morgan fingerprint density at radius 2 is 1.87 bits per heavy atom. The first-order valence-electron chi connectivity index (χ1n) is 15.3. The number of hydrogen-bond donors (Lipinski definition) is 2. The summed E-state index contributed by atoms with van der Waals surface area (Å²) in [7, 11) is 0. The molecule has 2 saturated carbocycles. The minimum atomic E-state index is -1.38. The summed E-state index contributed by atoms with van der Waals surface area (Å²) < 4.78 is 24.3. The third kappa shape index (κ3) is 4.87. The van der Waals surface area contributed by atoms with Crippen LogP contribution < -0.4 is 10.4 Å². The van der Waals surface area contributed by atoms with Crippen LogP contribution >= 0.6 is 0 Å². The third-order valence-electron chi connectivity index (χ3n) is 10.7. The van der Waals surface area contributed by atoms with Crippen molar-refractivity contribution in [3.05, 3.63) is 82.0 Å².